The van der Waals surface area contributed by atoms with E-state index in [2.05, 4.69) is 27.3 Å². The van der Waals surface area contributed by atoms with Gasteiger partial charge in [-0.15, -0.1) is 0 Å². The van der Waals surface area contributed by atoms with Gasteiger partial charge in [0.2, 0.25) is 0 Å². The van der Waals surface area contributed by atoms with Crippen LogP contribution in [0.3, 0.4) is 0 Å². The summed E-state index contributed by atoms with van der Waals surface area (Å²) in [5.41, 5.74) is 6.84. The van der Waals surface area contributed by atoms with Crippen LogP contribution in [-0.2, 0) is 11.3 Å². The average Bonchev–Trinajstić information content (AvgIpc) is 2.57. The molecule has 0 heterocycles. The number of carbonyl (C=O) groups excluding carboxylic acids is 1. The Morgan fingerprint density at radius 3 is 2.38 bits per heavy atom. The summed E-state index contributed by atoms with van der Waals surface area (Å²) in [5, 5.41) is 2.59. The Morgan fingerprint density at radius 1 is 1.23 bits per heavy atom. The molecule has 0 spiro atoms. The highest BCUT2D eigenvalue weighted by Gasteiger charge is 2.53. The van der Waals surface area contributed by atoms with Crippen LogP contribution in [0.4, 0.5) is 0 Å². The van der Waals surface area contributed by atoms with E-state index in [0.29, 0.717) is 17.0 Å². The van der Waals surface area contributed by atoms with Crippen molar-refractivity contribution in [3.8, 4) is 11.5 Å². The summed E-state index contributed by atoms with van der Waals surface area (Å²) in [7, 11) is 1.62. The maximum Gasteiger partial charge on any atom is 0.255 e. The molecule has 1 amide bonds. The predicted octanol–water partition coefficient (Wildman–Crippen LogP) is 2.35. The molecule has 4 fully saturated rings. The fraction of sp³-hybridized carbons (Fsp3) is 0.650. The molecule has 5 nitrogen and oxygen atoms in total. The largest absolute Gasteiger partial charge is 0.493 e. The molecule has 26 heavy (non-hydrogen) atoms. The lowest BCUT2D eigenvalue weighted by atomic mass is 9.53. The maximum atomic E-state index is 11.0. The maximum absolute atomic E-state index is 11.0. The number of hydrogen-bond acceptors (Lipinski definition) is 3. The van der Waals surface area contributed by atoms with E-state index in [1.165, 1.54) is 44.1 Å². The Kier molecular flexibility index (Phi) is 4.90. The lowest BCUT2D eigenvalue weighted by molar-refractivity contribution is -0.752. The molecule has 4 bridgehead atoms. The van der Waals surface area contributed by atoms with Gasteiger partial charge in [0.15, 0.2) is 18.1 Å². The van der Waals surface area contributed by atoms with Crippen LogP contribution in [0.5, 0.6) is 11.5 Å². The highest BCUT2D eigenvalue weighted by Crippen LogP contribution is 2.54. The number of methoxy groups -OCH3 is 1. The summed E-state index contributed by atoms with van der Waals surface area (Å²) in [6.45, 7) is 0.783. The van der Waals surface area contributed by atoms with Gasteiger partial charge in [-0.25, -0.2) is 0 Å². The number of ether oxygens (including phenoxy) is 2. The molecule has 1 aromatic rings. The predicted molar refractivity (Wildman–Crippen MR) is 102 cm³/mol. The molecule has 0 radical (unpaired) electrons. The van der Waals surface area contributed by atoms with Crippen LogP contribution >= 0.6 is 15.9 Å². The van der Waals surface area contributed by atoms with Gasteiger partial charge in [0.25, 0.3) is 5.91 Å². The first-order valence-electron chi connectivity index (χ1n) is 9.58. The van der Waals surface area contributed by atoms with Gasteiger partial charge in [-0.1, -0.05) is 0 Å². The molecule has 4 aliphatic carbocycles. The summed E-state index contributed by atoms with van der Waals surface area (Å²) >= 11 is 3.55. The van der Waals surface area contributed by atoms with E-state index in [4.69, 9.17) is 15.2 Å². The molecular weight excluding hydrogens is 396 g/mol. The second-order valence-electron chi connectivity index (χ2n) is 8.55. The molecule has 0 unspecified atom stereocenters. The highest BCUT2D eigenvalue weighted by atomic mass is 79.9. The minimum Gasteiger partial charge on any atom is -0.493 e. The van der Waals surface area contributed by atoms with Crippen LogP contribution in [0.25, 0.3) is 0 Å². The van der Waals surface area contributed by atoms with Crippen molar-refractivity contribution in [2.75, 3.05) is 13.7 Å². The molecule has 4 N–H and O–H groups in total. The van der Waals surface area contributed by atoms with Crippen LogP contribution in [0.1, 0.15) is 44.1 Å². The second kappa shape index (κ2) is 7.04. The smallest absolute Gasteiger partial charge is 0.255 e. The number of primary amides is 1. The first-order valence-corrected chi connectivity index (χ1v) is 10.4. The summed E-state index contributed by atoms with van der Waals surface area (Å²) in [6.07, 6.45) is 8.57. The Balaban J connectivity index is 1.47. The summed E-state index contributed by atoms with van der Waals surface area (Å²) in [5.74, 6) is 3.55. The third kappa shape index (κ3) is 3.58. The lowest BCUT2D eigenvalue weighted by Gasteiger charge is -2.54. The van der Waals surface area contributed by atoms with Crippen LogP contribution < -0.4 is 20.5 Å². The van der Waals surface area contributed by atoms with E-state index < -0.39 is 5.91 Å². The monoisotopic (exact) mass is 423 g/mol. The normalized spacial score (nSPS) is 31.8. The first-order chi connectivity index (χ1) is 12.5. The summed E-state index contributed by atoms with van der Waals surface area (Å²) in [6, 6.07) is 4.08. The number of quaternary nitrogens is 1. The van der Waals surface area contributed by atoms with Gasteiger partial charge >= 0.3 is 0 Å². The van der Waals surface area contributed by atoms with Crippen molar-refractivity contribution >= 4 is 21.8 Å². The van der Waals surface area contributed by atoms with E-state index in [0.717, 1.165) is 28.8 Å². The molecule has 1 aromatic carbocycles. The summed E-state index contributed by atoms with van der Waals surface area (Å²) in [4.78, 5) is 11.0. The number of rotatable bonds is 7. The number of hydrogen-bond donors (Lipinski definition) is 2. The first kappa shape index (κ1) is 18.1. The zero-order valence-electron chi connectivity index (χ0n) is 15.3. The van der Waals surface area contributed by atoms with Crippen molar-refractivity contribution < 1.29 is 19.6 Å². The number of carbonyl (C=O) groups is 1. The number of amides is 1. The SMILES string of the molecule is COc1cc(C[NH2+]C23CC4CC(CC(C4)C2)C3)cc(Br)c1OCC(N)=O. The van der Waals surface area contributed by atoms with Gasteiger partial charge in [-0.05, 0) is 65.1 Å². The number of benzene rings is 1. The Labute approximate surface area is 163 Å². The van der Waals surface area contributed by atoms with Crippen LogP contribution in [0, 0.1) is 17.8 Å². The topological polar surface area (TPSA) is 78.2 Å². The fourth-order valence-corrected chi connectivity index (χ4v) is 6.54. The Morgan fingerprint density at radius 2 is 1.85 bits per heavy atom. The highest BCUT2D eigenvalue weighted by molar-refractivity contribution is 9.10. The van der Waals surface area contributed by atoms with Crippen molar-refractivity contribution in [1.29, 1.82) is 0 Å². The van der Waals surface area contributed by atoms with E-state index in [1.807, 2.05) is 6.07 Å². The molecule has 4 saturated carbocycles. The Hall–Kier alpha value is -1.27. The van der Waals surface area contributed by atoms with E-state index in [-0.39, 0.29) is 6.61 Å². The molecule has 6 heteroatoms. The van der Waals surface area contributed by atoms with Gasteiger partial charge in [-0.3, -0.25) is 4.79 Å². The molecular formula is C20H28BrN2O3+. The quantitative estimate of drug-likeness (QED) is 0.706. The molecule has 0 atom stereocenters. The zero-order chi connectivity index (χ0) is 18.3. The van der Waals surface area contributed by atoms with Gasteiger partial charge in [0.05, 0.1) is 17.1 Å². The number of nitrogens with two attached hydrogens (primary N) is 2. The van der Waals surface area contributed by atoms with Gasteiger partial charge in [0, 0.05) is 24.8 Å². The zero-order valence-corrected chi connectivity index (χ0v) is 16.9. The van der Waals surface area contributed by atoms with E-state index in [1.54, 1.807) is 7.11 Å². The van der Waals surface area contributed by atoms with Gasteiger partial charge in [0.1, 0.15) is 6.54 Å². The Bertz CT molecular complexity index is 671. The molecule has 5 rings (SSSR count). The molecule has 0 aromatic heterocycles. The minimum atomic E-state index is -0.502. The lowest BCUT2D eigenvalue weighted by Crippen LogP contribution is -2.97. The average molecular weight is 424 g/mol. The second-order valence-corrected chi connectivity index (χ2v) is 9.41. The van der Waals surface area contributed by atoms with Crippen molar-refractivity contribution in [2.24, 2.45) is 23.5 Å². The van der Waals surface area contributed by atoms with Crippen LogP contribution in [-0.4, -0.2) is 25.2 Å². The van der Waals surface area contributed by atoms with Crippen LogP contribution in [0.15, 0.2) is 16.6 Å². The molecule has 142 valence electrons. The standard InChI is InChI=1S/C20H27BrN2O3/c1-25-17-6-15(5-16(21)19(17)26-11-18(22)24)10-23-20-7-12-2-13(8-20)4-14(3-12)9-20/h5-6,12-14,23H,2-4,7-11H2,1H3,(H2,22,24)/p+1. The third-order valence-electron chi connectivity index (χ3n) is 6.50. The van der Waals surface area contributed by atoms with Gasteiger partial charge < -0.3 is 20.5 Å². The van der Waals surface area contributed by atoms with Crippen molar-refractivity contribution in [3.63, 3.8) is 0 Å². The van der Waals surface area contributed by atoms with Crippen molar-refractivity contribution in [1.82, 2.24) is 0 Å². The molecule has 0 aliphatic heterocycles. The fourth-order valence-electron chi connectivity index (χ4n) is 5.94. The minimum absolute atomic E-state index is 0.159. The van der Waals surface area contributed by atoms with E-state index in [9.17, 15) is 4.79 Å². The van der Waals surface area contributed by atoms with Gasteiger partial charge in [-0.2, -0.15) is 0 Å². The third-order valence-corrected chi connectivity index (χ3v) is 7.09. The van der Waals surface area contributed by atoms with E-state index >= 15 is 0 Å². The molecule has 4 aliphatic rings. The van der Waals surface area contributed by atoms with Crippen molar-refractivity contribution in [3.05, 3.63) is 22.2 Å². The summed E-state index contributed by atoms with van der Waals surface area (Å²) < 4.78 is 11.8. The van der Waals surface area contributed by atoms with Crippen LogP contribution in [0.2, 0.25) is 0 Å². The van der Waals surface area contributed by atoms with Crippen molar-refractivity contribution in [2.45, 2.75) is 50.6 Å². The number of halogens is 1. The molecule has 0 saturated heterocycles.